The number of H-pyrrole nitrogens is 1. The van der Waals surface area contributed by atoms with Gasteiger partial charge in [-0.15, -0.1) is 0 Å². The summed E-state index contributed by atoms with van der Waals surface area (Å²) in [4.78, 5) is 29.7. The molecule has 0 aliphatic carbocycles. The molecule has 1 aliphatic rings. The maximum Gasteiger partial charge on any atom is 0.225 e. The van der Waals surface area contributed by atoms with Gasteiger partial charge in [-0.2, -0.15) is 0 Å². The van der Waals surface area contributed by atoms with Crippen molar-refractivity contribution in [2.24, 2.45) is 0 Å². The van der Waals surface area contributed by atoms with Crippen molar-refractivity contribution in [3.63, 3.8) is 0 Å². The van der Waals surface area contributed by atoms with Gasteiger partial charge in [-0.05, 0) is 24.6 Å². The number of para-hydroxylation sites is 1. The molecule has 2 atom stereocenters. The SMILES string of the molecule is Cc1ccc([C@@H]([C@@H](O)C(=O)c2c[nH]c3ccccc23)N2CCN(c3ncccn3)CC2)cc1. The van der Waals surface area contributed by atoms with Crippen LogP contribution in [0.3, 0.4) is 0 Å². The molecular formula is C26H27N5O2. The van der Waals surface area contributed by atoms with Gasteiger partial charge >= 0.3 is 0 Å². The molecule has 4 aromatic rings. The maximum atomic E-state index is 13.5. The number of fused-ring (bicyclic) bond motifs is 1. The number of anilines is 1. The third-order valence-electron chi connectivity index (χ3n) is 6.38. The van der Waals surface area contributed by atoms with E-state index in [1.165, 1.54) is 0 Å². The van der Waals surface area contributed by atoms with Crippen LogP contribution < -0.4 is 4.90 Å². The summed E-state index contributed by atoms with van der Waals surface area (Å²) >= 11 is 0. The Morgan fingerprint density at radius 2 is 1.67 bits per heavy atom. The topological polar surface area (TPSA) is 85.4 Å². The van der Waals surface area contributed by atoms with Crippen LogP contribution in [0, 0.1) is 6.92 Å². The minimum atomic E-state index is -1.19. The second kappa shape index (κ2) is 9.13. The summed E-state index contributed by atoms with van der Waals surface area (Å²) in [6.45, 7) is 4.86. The number of piperazine rings is 1. The van der Waals surface area contributed by atoms with Crippen molar-refractivity contribution in [3.8, 4) is 0 Å². The summed E-state index contributed by atoms with van der Waals surface area (Å²) < 4.78 is 0. The predicted octanol–water partition coefficient (Wildman–Crippen LogP) is 3.37. The first kappa shape index (κ1) is 21.3. The lowest BCUT2D eigenvalue weighted by atomic mass is 9.92. The fourth-order valence-corrected chi connectivity index (χ4v) is 4.59. The molecule has 1 aliphatic heterocycles. The van der Waals surface area contributed by atoms with Gasteiger partial charge in [-0.3, -0.25) is 9.69 Å². The summed E-state index contributed by atoms with van der Waals surface area (Å²) in [5.41, 5.74) is 3.48. The molecule has 33 heavy (non-hydrogen) atoms. The smallest absolute Gasteiger partial charge is 0.225 e. The highest BCUT2D eigenvalue weighted by Crippen LogP contribution is 2.30. The van der Waals surface area contributed by atoms with Gasteiger partial charge in [0.05, 0.1) is 6.04 Å². The van der Waals surface area contributed by atoms with Crippen LogP contribution in [0.25, 0.3) is 10.9 Å². The third-order valence-corrected chi connectivity index (χ3v) is 6.38. The first-order valence-electron chi connectivity index (χ1n) is 11.2. The van der Waals surface area contributed by atoms with Gasteiger partial charge in [0.25, 0.3) is 0 Å². The number of Topliss-reactive ketones (excluding diaryl/α,β-unsaturated/α-hetero) is 1. The Morgan fingerprint density at radius 1 is 0.970 bits per heavy atom. The number of aliphatic hydroxyl groups excluding tert-OH is 1. The lowest BCUT2D eigenvalue weighted by Crippen LogP contribution is -2.51. The Labute approximate surface area is 192 Å². The normalized spacial score (nSPS) is 16.6. The highest BCUT2D eigenvalue weighted by molar-refractivity contribution is 6.10. The molecule has 168 valence electrons. The van der Waals surface area contributed by atoms with Gasteiger partial charge in [-0.1, -0.05) is 48.0 Å². The van der Waals surface area contributed by atoms with E-state index in [1.807, 2.05) is 55.5 Å². The van der Waals surface area contributed by atoms with E-state index in [0.29, 0.717) is 24.6 Å². The maximum absolute atomic E-state index is 13.5. The zero-order valence-corrected chi connectivity index (χ0v) is 18.6. The number of hydrogen-bond acceptors (Lipinski definition) is 6. The predicted molar refractivity (Wildman–Crippen MR) is 128 cm³/mol. The second-order valence-corrected chi connectivity index (χ2v) is 8.48. The minimum absolute atomic E-state index is 0.271. The second-order valence-electron chi connectivity index (χ2n) is 8.48. The number of aromatic amines is 1. The summed E-state index contributed by atoms with van der Waals surface area (Å²) in [5.74, 6) is 0.436. The summed E-state index contributed by atoms with van der Waals surface area (Å²) in [6.07, 6.45) is 4.00. The summed E-state index contributed by atoms with van der Waals surface area (Å²) in [5, 5.41) is 12.3. The van der Waals surface area contributed by atoms with Gasteiger partial charge in [0, 0.05) is 61.2 Å². The van der Waals surface area contributed by atoms with Crippen molar-refractivity contribution >= 4 is 22.6 Å². The van der Waals surface area contributed by atoms with Crippen LogP contribution >= 0.6 is 0 Å². The Hall–Kier alpha value is -3.55. The number of aromatic nitrogens is 3. The molecule has 5 rings (SSSR count). The van der Waals surface area contributed by atoms with Crippen LogP contribution in [-0.2, 0) is 0 Å². The molecule has 2 aromatic heterocycles. The molecule has 3 heterocycles. The Balaban J connectivity index is 1.42. The van der Waals surface area contributed by atoms with Crippen molar-refractivity contribution in [2.75, 3.05) is 31.1 Å². The van der Waals surface area contributed by atoms with Crippen LogP contribution in [0.1, 0.15) is 27.5 Å². The van der Waals surface area contributed by atoms with Crippen molar-refractivity contribution < 1.29 is 9.90 Å². The lowest BCUT2D eigenvalue weighted by molar-refractivity contribution is 0.0365. The van der Waals surface area contributed by atoms with Crippen molar-refractivity contribution in [3.05, 3.63) is 89.9 Å². The molecule has 0 radical (unpaired) electrons. The van der Waals surface area contributed by atoms with Gasteiger partial charge in [0.15, 0.2) is 5.78 Å². The molecule has 7 nitrogen and oxygen atoms in total. The zero-order chi connectivity index (χ0) is 22.8. The Kier molecular flexibility index (Phi) is 5.90. The first-order chi connectivity index (χ1) is 16.1. The van der Waals surface area contributed by atoms with Crippen molar-refractivity contribution in [1.82, 2.24) is 19.9 Å². The molecule has 0 unspecified atom stereocenters. The molecule has 0 amide bonds. The van der Waals surface area contributed by atoms with Crippen LogP contribution in [-0.4, -0.2) is 63.0 Å². The van der Waals surface area contributed by atoms with E-state index >= 15 is 0 Å². The van der Waals surface area contributed by atoms with E-state index in [9.17, 15) is 9.90 Å². The highest BCUT2D eigenvalue weighted by Gasteiger charge is 2.35. The van der Waals surface area contributed by atoms with Gasteiger partial charge in [-0.25, -0.2) is 9.97 Å². The van der Waals surface area contributed by atoms with Crippen molar-refractivity contribution in [1.29, 1.82) is 0 Å². The van der Waals surface area contributed by atoms with E-state index in [0.717, 1.165) is 35.1 Å². The standard InChI is InChI=1S/C26H27N5O2/c1-18-7-9-19(10-8-18)23(30-13-15-31(16-14-30)26-27-11-4-12-28-26)25(33)24(32)21-17-29-22-6-3-2-5-20(21)22/h2-12,17,23,25,29,33H,13-16H2,1H3/t23-,25+/m0/s1. The number of nitrogens with zero attached hydrogens (tertiary/aromatic N) is 4. The van der Waals surface area contributed by atoms with E-state index in [2.05, 4.69) is 24.8 Å². The fourth-order valence-electron chi connectivity index (χ4n) is 4.59. The van der Waals surface area contributed by atoms with Crippen LogP contribution in [0.5, 0.6) is 0 Å². The number of carbonyl (C=O) groups is 1. The quantitative estimate of drug-likeness (QED) is 0.446. The largest absolute Gasteiger partial charge is 0.383 e. The Bertz CT molecular complexity index is 1230. The first-order valence-corrected chi connectivity index (χ1v) is 11.2. The number of aryl methyl sites for hydroxylation is 1. The zero-order valence-electron chi connectivity index (χ0n) is 18.6. The van der Waals surface area contributed by atoms with Crippen molar-refractivity contribution in [2.45, 2.75) is 19.1 Å². The molecule has 1 fully saturated rings. The van der Waals surface area contributed by atoms with Crippen LogP contribution in [0.15, 0.2) is 73.2 Å². The third kappa shape index (κ3) is 4.25. The Morgan fingerprint density at radius 3 is 2.39 bits per heavy atom. The monoisotopic (exact) mass is 441 g/mol. The highest BCUT2D eigenvalue weighted by atomic mass is 16.3. The molecule has 1 saturated heterocycles. The van der Waals surface area contributed by atoms with Gasteiger partial charge in [0.1, 0.15) is 6.10 Å². The molecule has 0 saturated carbocycles. The number of carbonyl (C=O) groups excluding carboxylic acids is 1. The van der Waals surface area contributed by atoms with E-state index < -0.39 is 12.1 Å². The molecular weight excluding hydrogens is 414 g/mol. The molecule has 0 bridgehead atoms. The lowest BCUT2D eigenvalue weighted by Gasteiger charge is -2.40. The number of hydrogen-bond donors (Lipinski definition) is 2. The minimum Gasteiger partial charge on any atom is -0.383 e. The summed E-state index contributed by atoms with van der Waals surface area (Å²) in [6, 6.07) is 17.1. The van der Waals surface area contributed by atoms with Gasteiger partial charge < -0.3 is 15.0 Å². The van der Waals surface area contributed by atoms with E-state index in [4.69, 9.17) is 0 Å². The van der Waals surface area contributed by atoms with E-state index in [1.54, 1.807) is 24.7 Å². The fraction of sp³-hybridized carbons (Fsp3) is 0.269. The van der Waals surface area contributed by atoms with E-state index in [-0.39, 0.29) is 5.78 Å². The average molecular weight is 442 g/mol. The molecule has 2 aromatic carbocycles. The van der Waals surface area contributed by atoms with Crippen LogP contribution in [0.2, 0.25) is 0 Å². The molecule has 0 spiro atoms. The average Bonchev–Trinajstić information content (AvgIpc) is 3.30. The van der Waals surface area contributed by atoms with Gasteiger partial charge in [0.2, 0.25) is 5.95 Å². The van der Waals surface area contributed by atoms with Crippen LogP contribution in [0.4, 0.5) is 5.95 Å². The number of rotatable bonds is 6. The number of nitrogens with one attached hydrogen (secondary N) is 1. The molecule has 7 heteroatoms. The number of benzene rings is 2. The number of aliphatic hydroxyl groups is 1. The number of ketones is 1. The molecule has 2 N–H and O–H groups in total. The summed E-state index contributed by atoms with van der Waals surface area (Å²) in [7, 11) is 0.